The van der Waals surface area contributed by atoms with E-state index in [9.17, 15) is 30.7 Å². The van der Waals surface area contributed by atoms with Gasteiger partial charge in [-0.15, -0.1) is 0 Å². The van der Waals surface area contributed by atoms with Crippen LogP contribution in [0.1, 0.15) is 0 Å². The molecule has 1 aliphatic carbocycles. The van der Waals surface area contributed by atoms with E-state index in [2.05, 4.69) is 0 Å². The Hall–Kier alpha value is -2.05. The van der Waals surface area contributed by atoms with E-state index >= 15 is 0 Å². The van der Waals surface area contributed by atoms with Gasteiger partial charge in [0.1, 0.15) is 0 Å². The Balaban J connectivity index is 2.43. The van der Waals surface area contributed by atoms with Crippen molar-refractivity contribution in [1.82, 2.24) is 0 Å². The Morgan fingerprint density at radius 2 is 0.947 bits per heavy atom. The Kier molecular flexibility index (Phi) is 2.21. The van der Waals surface area contributed by atoms with Crippen LogP contribution in [0.25, 0.3) is 22.3 Å². The lowest BCUT2D eigenvalue weighted by atomic mass is 9.79. The van der Waals surface area contributed by atoms with E-state index in [4.69, 9.17) is 0 Å². The first-order valence-corrected chi connectivity index (χ1v) is 4.82. The van der Waals surface area contributed by atoms with Gasteiger partial charge in [-0.3, -0.25) is 0 Å². The first-order chi connectivity index (χ1) is 8.86. The van der Waals surface area contributed by atoms with Crippen molar-refractivity contribution < 1.29 is 30.7 Å². The molecule has 97 valence electrons. The molecular formula is C12F7. The summed E-state index contributed by atoms with van der Waals surface area (Å²) in [6, 6.07) is 1.63. The van der Waals surface area contributed by atoms with Gasteiger partial charge in [-0.2, -0.15) is 0 Å². The first kappa shape index (κ1) is 12.0. The van der Waals surface area contributed by atoms with Crippen molar-refractivity contribution in [3.05, 3.63) is 46.8 Å². The fourth-order valence-corrected chi connectivity index (χ4v) is 2.00. The van der Waals surface area contributed by atoms with Crippen LogP contribution < -0.4 is 0 Å². The van der Waals surface area contributed by atoms with Crippen LogP contribution >= 0.6 is 0 Å². The second-order valence-electron chi connectivity index (χ2n) is 3.82. The number of benzene rings is 2. The van der Waals surface area contributed by atoms with Crippen molar-refractivity contribution in [1.29, 1.82) is 0 Å². The highest BCUT2D eigenvalue weighted by Gasteiger charge is 2.39. The highest BCUT2D eigenvalue weighted by Crippen LogP contribution is 2.52. The molecule has 2 aromatic rings. The molecule has 0 amide bonds. The fourth-order valence-electron chi connectivity index (χ4n) is 2.00. The summed E-state index contributed by atoms with van der Waals surface area (Å²) in [5.41, 5.74) is -3.34. The summed E-state index contributed by atoms with van der Waals surface area (Å²) in [7, 11) is 0. The summed E-state index contributed by atoms with van der Waals surface area (Å²) in [5.74, 6) is -13.4. The Bertz CT molecular complexity index is 749. The number of rotatable bonds is 0. The van der Waals surface area contributed by atoms with Crippen molar-refractivity contribution in [3.63, 3.8) is 0 Å². The molecule has 0 spiro atoms. The highest BCUT2D eigenvalue weighted by molar-refractivity contribution is 6.03. The highest BCUT2D eigenvalue weighted by atomic mass is 19.2. The van der Waals surface area contributed by atoms with Crippen molar-refractivity contribution >= 4 is 0 Å². The topological polar surface area (TPSA) is 0 Å². The van der Waals surface area contributed by atoms with Crippen LogP contribution in [0.4, 0.5) is 30.7 Å². The lowest BCUT2D eigenvalue weighted by molar-refractivity contribution is 0.409. The SMILES string of the molecule is Fc1[c]c2c(c(F)c1F)-c1c(F)c(F)c(F)c(F)c1-2. The minimum atomic E-state index is -2.15. The van der Waals surface area contributed by atoms with E-state index in [1.807, 2.05) is 0 Å². The molecule has 1 radical (unpaired) electrons. The van der Waals surface area contributed by atoms with Crippen LogP contribution in [0.5, 0.6) is 0 Å². The summed E-state index contributed by atoms with van der Waals surface area (Å²) in [6.07, 6.45) is 0. The lowest BCUT2D eigenvalue weighted by Gasteiger charge is -2.25. The van der Waals surface area contributed by atoms with Gasteiger partial charge in [0.2, 0.25) is 0 Å². The third kappa shape index (κ3) is 1.24. The van der Waals surface area contributed by atoms with E-state index in [0.29, 0.717) is 0 Å². The minimum Gasteiger partial charge on any atom is -0.203 e. The van der Waals surface area contributed by atoms with Crippen LogP contribution in [-0.4, -0.2) is 0 Å². The zero-order chi connectivity index (χ0) is 14.1. The summed E-state index contributed by atoms with van der Waals surface area (Å²) in [5, 5.41) is 0. The second-order valence-corrected chi connectivity index (χ2v) is 3.82. The maximum Gasteiger partial charge on any atom is 0.198 e. The minimum absolute atomic E-state index is 0.665. The van der Waals surface area contributed by atoms with Gasteiger partial charge in [-0.25, -0.2) is 30.7 Å². The molecule has 0 atom stereocenters. The Morgan fingerprint density at radius 3 is 1.53 bits per heavy atom. The number of hydrogen-bond acceptors (Lipinski definition) is 0. The van der Waals surface area contributed by atoms with Gasteiger partial charge < -0.3 is 0 Å². The molecule has 0 unspecified atom stereocenters. The molecule has 0 saturated heterocycles. The van der Waals surface area contributed by atoms with Crippen LogP contribution in [-0.2, 0) is 0 Å². The molecule has 0 fully saturated rings. The lowest BCUT2D eigenvalue weighted by Crippen LogP contribution is -2.14. The van der Waals surface area contributed by atoms with Crippen molar-refractivity contribution in [2.45, 2.75) is 0 Å². The van der Waals surface area contributed by atoms with Gasteiger partial charge >= 0.3 is 0 Å². The Labute approximate surface area is 101 Å². The summed E-state index contributed by atoms with van der Waals surface area (Å²) in [6.45, 7) is 0. The quantitative estimate of drug-likeness (QED) is 0.329. The summed E-state index contributed by atoms with van der Waals surface area (Å²) >= 11 is 0. The molecule has 19 heavy (non-hydrogen) atoms. The van der Waals surface area contributed by atoms with Gasteiger partial charge in [-0.05, 0) is 0 Å². The second kappa shape index (κ2) is 3.49. The molecule has 0 aromatic heterocycles. The average molecular weight is 277 g/mol. The number of halogens is 7. The van der Waals surface area contributed by atoms with Crippen molar-refractivity contribution in [3.8, 4) is 22.3 Å². The van der Waals surface area contributed by atoms with Crippen LogP contribution in [0.3, 0.4) is 0 Å². The maximum atomic E-state index is 13.4. The molecule has 0 saturated carbocycles. The molecule has 0 nitrogen and oxygen atoms in total. The normalized spacial score (nSPS) is 11.9. The van der Waals surface area contributed by atoms with Crippen LogP contribution in [0.2, 0.25) is 0 Å². The molecule has 2 aromatic carbocycles. The smallest absolute Gasteiger partial charge is 0.198 e. The van der Waals surface area contributed by atoms with Gasteiger partial charge in [0.15, 0.2) is 40.7 Å². The van der Waals surface area contributed by atoms with E-state index in [1.54, 1.807) is 6.07 Å². The molecule has 0 bridgehead atoms. The van der Waals surface area contributed by atoms with Crippen LogP contribution in [0, 0.1) is 46.8 Å². The molecule has 0 aliphatic heterocycles. The molecular weight excluding hydrogens is 277 g/mol. The zero-order valence-corrected chi connectivity index (χ0v) is 8.65. The summed E-state index contributed by atoms with van der Waals surface area (Å²) < 4.78 is 92.0. The molecule has 0 N–H and O–H groups in total. The van der Waals surface area contributed by atoms with Gasteiger partial charge in [-0.1, -0.05) is 0 Å². The first-order valence-electron chi connectivity index (χ1n) is 4.82. The predicted molar refractivity (Wildman–Crippen MR) is 49.4 cm³/mol. The summed E-state index contributed by atoms with van der Waals surface area (Å²) in [4.78, 5) is 0. The zero-order valence-electron chi connectivity index (χ0n) is 8.65. The van der Waals surface area contributed by atoms with Gasteiger partial charge in [0.05, 0.1) is 0 Å². The molecule has 0 heterocycles. The third-order valence-electron chi connectivity index (χ3n) is 2.86. The van der Waals surface area contributed by atoms with E-state index in [0.717, 1.165) is 0 Å². The van der Waals surface area contributed by atoms with Gasteiger partial charge in [0, 0.05) is 28.3 Å². The predicted octanol–water partition coefficient (Wildman–Crippen LogP) is 4.11. The molecule has 7 heteroatoms. The largest absolute Gasteiger partial charge is 0.203 e. The van der Waals surface area contributed by atoms with Crippen molar-refractivity contribution in [2.24, 2.45) is 0 Å². The number of hydrogen-bond donors (Lipinski definition) is 0. The monoisotopic (exact) mass is 277 g/mol. The maximum absolute atomic E-state index is 13.4. The van der Waals surface area contributed by atoms with Crippen LogP contribution in [0.15, 0.2) is 0 Å². The van der Waals surface area contributed by atoms with Crippen molar-refractivity contribution in [2.75, 3.05) is 0 Å². The Morgan fingerprint density at radius 1 is 0.474 bits per heavy atom. The number of fused-ring (bicyclic) bond motifs is 4. The third-order valence-corrected chi connectivity index (χ3v) is 2.86. The van der Waals surface area contributed by atoms with E-state index in [1.165, 1.54) is 0 Å². The standard InChI is InChI=1S/C12F7/c13-3-1-2-4(8(15)7(3)14)6-5(2)9(16)11(18)12(19)10(6)17. The van der Waals surface area contributed by atoms with E-state index < -0.39 is 63.0 Å². The average Bonchev–Trinajstić information content (AvgIpc) is 2.36. The fraction of sp³-hybridized carbons (Fsp3) is 0. The van der Waals surface area contributed by atoms with Gasteiger partial charge in [0.25, 0.3) is 0 Å². The molecule has 3 rings (SSSR count). The molecule has 1 aliphatic rings. The van der Waals surface area contributed by atoms with E-state index in [-0.39, 0.29) is 0 Å².